The summed E-state index contributed by atoms with van der Waals surface area (Å²) >= 11 is 0. The topological polar surface area (TPSA) is 62.6 Å². The predicted molar refractivity (Wildman–Crippen MR) is 54.1 cm³/mol. The average Bonchev–Trinajstić information content (AvgIpc) is 2.25. The molecule has 0 aliphatic rings. The fourth-order valence-electron chi connectivity index (χ4n) is 1.13. The van der Waals surface area contributed by atoms with Crippen molar-refractivity contribution in [1.82, 2.24) is 4.98 Å². The Labute approximate surface area is 86.4 Å². The number of aromatic hydroxyl groups is 2. The molecular formula is C11H9NO3. The summed E-state index contributed by atoms with van der Waals surface area (Å²) in [7, 11) is 0. The SMILES string of the molecule is Oc1ccnc(O)c1Oc1ccccc1. The average molecular weight is 203 g/mol. The molecule has 2 rings (SSSR count). The van der Waals surface area contributed by atoms with Crippen LogP contribution in [-0.2, 0) is 0 Å². The molecule has 0 saturated heterocycles. The van der Waals surface area contributed by atoms with E-state index in [0.717, 1.165) is 0 Å². The molecule has 0 fully saturated rings. The molecule has 0 spiro atoms. The molecule has 0 atom stereocenters. The Kier molecular flexibility index (Phi) is 2.41. The summed E-state index contributed by atoms with van der Waals surface area (Å²) in [4.78, 5) is 3.61. The molecule has 0 unspecified atom stereocenters. The fraction of sp³-hybridized carbons (Fsp3) is 0. The number of nitrogens with zero attached hydrogens (tertiary/aromatic N) is 1. The number of rotatable bonds is 2. The summed E-state index contributed by atoms with van der Waals surface area (Å²) in [5.74, 6) is 0.00464. The Bertz CT molecular complexity index is 436. The third-order valence-electron chi connectivity index (χ3n) is 1.83. The number of hydrogen-bond donors (Lipinski definition) is 2. The molecule has 0 amide bonds. The van der Waals surface area contributed by atoms with Crippen molar-refractivity contribution in [2.24, 2.45) is 0 Å². The van der Waals surface area contributed by atoms with Crippen LogP contribution in [0.3, 0.4) is 0 Å². The van der Waals surface area contributed by atoms with Crippen LogP contribution in [0.4, 0.5) is 0 Å². The lowest BCUT2D eigenvalue weighted by atomic mass is 10.3. The van der Waals surface area contributed by atoms with Crippen LogP contribution in [0, 0.1) is 0 Å². The summed E-state index contributed by atoms with van der Waals surface area (Å²) in [5.41, 5.74) is 0. The van der Waals surface area contributed by atoms with Gasteiger partial charge in [0.2, 0.25) is 5.75 Å². The highest BCUT2D eigenvalue weighted by Gasteiger charge is 2.10. The Balaban J connectivity index is 2.32. The van der Waals surface area contributed by atoms with E-state index in [2.05, 4.69) is 4.98 Å². The van der Waals surface area contributed by atoms with Gasteiger partial charge in [-0.15, -0.1) is 0 Å². The van der Waals surface area contributed by atoms with Gasteiger partial charge >= 0.3 is 0 Å². The highest BCUT2D eigenvalue weighted by molar-refractivity contribution is 5.47. The first-order valence-corrected chi connectivity index (χ1v) is 4.37. The third kappa shape index (κ3) is 1.99. The van der Waals surface area contributed by atoms with Crippen molar-refractivity contribution in [3.8, 4) is 23.1 Å². The molecule has 0 aliphatic carbocycles. The second kappa shape index (κ2) is 3.88. The summed E-state index contributed by atoms with van der Waals surface area (Å²) in [6.07, 6.45) is 1.29. The quantitative estimate of drug-likeness (QED) is 0.786. The minimum atomic E-state index is -0.334. The highest BCUT2D eigenvalue weighted by Crippen LogP contribution is 2.36. The van der Waals surface area contributed by atoms with Gasteiger partial charge in [-0.2, -0.15) is 0 Å². The van der Waals surface area contributed by atoms with Crippen molar-refractivity contribution < 1.29 is 14.9 Å². The van der Waals surface area contributed by atoms with Gasteiger partial charge in [-0.25, -0.2) is 4.98 Å². The minimum absolute atomic E-state index is 0.0382. The van der Waals surface area contributed by atoms with Crippen molar-refractivity contribution in [3.05, 3.63) is 42.6 Å². The predicted octanol–water partition coefficient (Wildman–Crippen LogP) is 2.29. The molecule has 0 saturated carbocycles. The van der Waals surface area contributed by atoms with Gasteiger partial charge in [0.05, 0.1) is 0 Å². The Hall–Kier alpha value is -2.23. The van der Waals surface area contributed by atoms with Gasteiger partial charge in [0.1, 0.15) is 5.75 Å². The molecule has 76 valence electrons. The van der Waals surface area contributed by atoms with Crippen LogP contribution in [-0.4, -0.2) is 15.2 Å². The standard InChI is InChI=1S/C11H9NO3/c13-9-6-7-12-11(14)10(9)15-8-4-2-1-3-5-8/h1-7H,(H2,12,13,14). The lowest BCUT2D eigenvalue weighted by Crippen LogP contribution is -1.86. The molecule has 15 heavy (non-hydrogen) atoms. The van der Waals surface area contributed by atoms with Crippen molar-refractivity contribution in [1.29, 1.82) is 0 Å². The molecule has 1 aromatic carbocycles. The van der Waals surface area contributed by atoms with E-state index in [0.29, 0.717) is 5.75 Å². The molecule has 0 bridgehead atoms. The first-order valence-electron chi connectivity index (χ1n) is 4.37. The number of benzene rings is 1. The number of ether oxygens (including phenoxy) is 1. The maximum Gasteiger partial charge on any atom is 0.259 e. The van der Waals surface area contributed by atoms with Crippen LogP contribution >= 0.6 is 0 Å². The second-order valence-electron chi connectivity index (χ2n) is 2.90. The van der Waals surface area contributed by atoms with Crippen LogP contribution in [0.15, 0.2) is 42.6 Å². The Morgan fingerprint density at radius 3 is 2.40 bits per heavy atom. The first-order chi connectivity index (χ1) is 7.27. The van der Waals surface area contributed by atoms with Crippen LogP contribution in [0.1, 0.15) is 0 Å². The van der Waals surface area contributed by atoms with Crippen molar-refractivity contribution in [3.63, 3.8) is 0 Å². The maximum atomic E-state index is 9.43. The zero-order valence-electron chi connectivity index (χ0n) is 7.79. The number of aromatic nitrogens is 1. The number of para-hydroxylation sites is 1. The van der Waals surface area contributed by atoms with E-state index >= 15 is 0 Å². The molecule has 4 nitrogen and oxygen atoms in total. The van der Waals surface area contributed by atoms with E-state index in [4.69, 9.17) is 4.74 Å². The van der Waals surface area contributed by atoms with E-state index in [1.165, 1.54) is 12.3 Å². The zero-order valence-corrected chi connectivity index (χ0v) is 7.79. The van der Waals surface area contributed by atoms with Crippen LogP contribution in [0.25, 0.3) is 0 Å². The lowest BCUT2D eigenvalue weighted by Gasteiger charge is -2.07. The lowest BCUT2D eigenvalue weighted by molar-refractivity contribution is 0.365. The van der Waals surface area contributed by atoms with Gasteiger partial charge in [-0.1, -0.05) is 18.2 Å². The van der Waals surface area contributed by atoms with E-state index < -0.39 is 0 Å². The Morgan fingerprint density at radius 2 is 1.73 bits per heavy atom. The maximum absolute atomic E-state index is 9.43. The van der Waals surface area contributed by atoms with Gasteiger partial charge in [0.25, 0.3) is 5.88 Å². The van der Waals surface area contributed by atoms with Gasteiger partial charge in [0, 0.05) is 12.3 Å². The van der Waals surface area contributed by atoms with E-state index in [1.54, 1.807) is 24.3 Å². The number of hydrogen-bond acceptors (Lipinski definition) is 4. The van der Waals surface area contributed by atoms with Crippen molar-refractivity contribution >= 4 is 0 Å². The van der Waals surface area contributed by atoms with Crippen molar-refractivity contribution in [2.75, 3.05) is 0 Å². The summed E-state index contributed by atoms with van der Waals surface area (Å²) < 4.78 is 5.28. The monoisotopic (exact) mass is 203 g/mol. The summed E-state index contributed by atoms with van der Waals surface area (Å²) in [6.45, 7) is 0. The van der Waals surface area contributed by atoms with E-state index in [-0.39, 0.29) is 17.4 Å². The van der Waals surface area contributed by atoms with E-state index in [9.17, 15) is 10.2 Å². The largest absolute Gasteiger partial charge is 0.504 e. The minimum Gasteiger partial charge on any atom is -0.504 e. The summed E-state index contributed by atoms with van der Waals surface area (Å²) in [6, 6.07) is 10.2. The Morgan fingerprint density at radius 1 is 1.00 bits per heavy atom. The van der Waals surface area contributed by atoms with Gasteiger partial charge in [-0.3, -0.25) is 0 Å². The highest BCUT2D eigenvalue weighted by atomic mass is 16.5. The third-order valence-corrected chi connectivity index (χ3v) is 1.83. The molecule has 1 heterocycles. The van der Waals surface area contributed by atoms with Gasteiger partial charge in [0.15, 0.2) is 5.75 Å². The smallest absolute Gasteiger partial charge is 0.259 e. The van der Waals surface area contributed by atoms with Gasteiger partial charge < -0.3 is 14.9 Å². The molecule has 1 aromatic heterocycles. The fourth-order valence-corrected chi connectivity index (χ4v) is 1.13. The van der Waals surface area contributed by atoms with Crippen LogP contribution < -0.4 is 4.74 Å². The van der Waals surface area contributed by atoms with Crippen LogP contribution in [0.2, 0.25) is 0 Å². The van der Waals surface area contributed by atoms with E-state index in [1.807, 2.05) is 6.07 Å². The molecule has 2 aromatic rings. The first kappa shape index (κ1) is 9.33. The normalized spacial score (nSPS) is 9.87. The zero-order chi connectivity index (χ0) is 10.7. The molecule has 4 heteroatoms. The second-order valence-corrected chi connectivity index (χ2v) is 2.90. The molecular weight excluding hydrogens is 194 g/mol. The molecule has 0 radical (unpaired) electrons. The summed E-state index contributed by atoms with van der Waals surface area (Å²) in [5, 5.41) is 18.8. The molecule has 2 N–H and O–H groups in total. The number of pyridine rings is 1. The molecule has 0 aliphatic heterocycles. The van der Waals surface area contributed by atoms with Crippen LogP contribution in [0.5, 0.6) is 23.1 Å². The van der Waals surface area contributed by atoms with Crippen molar-refractivity contribution in [2.45, 2.75) is 0 Å². The van der Waals surface area contributed by atoms with Gasteiger partial charge in [-0.05, 0) is 12.1 Å².